The molecule has 0 aliphatic carbocycles. The van der Waals surface area contributed by atoms with E-state index in [1.165, 1.54) is 129 Å². The Kier molecular flexibility index (Phi) is 16.5. The lowest BCUT2D eigenvalue weighted by Gasteiger charge is -2.06. The Morgan fingerprint density at radius 2 is 1.11 bits per heavy atom. The molecule has 1 aromatic heterocycles. The Hall–Kier alpha value is -0.790. The van der Waals surface area contributed by atoms with Crippen LogP contribution in [0, 0.1) is 0 Å². The molecule has 0 aliphatic rings. The summed E-state index contributed by atoms with van der Waals surface area (Å²) in [5.41, 5.74) is 0. The third-order valence-electron chi connectivity index (χ3n) is 6.06. The van der Waals surface area contributed by atoms with E-state index in [1.54, 1.807) is 5.82 Å². The molecule has 0 fully saturated rings. The fourth-order valence-electron chi connectivity index (χ4n) is 4.27. The number of nitrogens with zero attached hydrogens (tertiary/aromatic N) is 2. The van der Waals surface area contributed by atoms with E-state index < -0.39 is 0 Å². The minimum Gasteiger partial charge on any atom is -0.234 e. The molecule has 0 saturated carbocycles. The van der Waals surface area contributed by atoms with Gasteiger partial charge in [-0.05, 0) is 25.7 Å². The van der Waals surface area contributed by atoms with Gasteiger partial charge in [0.05, 0.1) is 13.1 Å². The first kappa shape index (κ1) is 25.2. The van der Waals surface area contributed by atoms with Gasteiger partial charge in [0.25, 0.3) is 5.82 Å². The lowest BCUT2D eigenvalue weighted by atomic mass is 10.1. The van der Waals surface area contributed by atoms with Crippen LogP contribution in [0.5, 0.6) is 0 Å². The van der Waals surface area contributed by atoms with Crippen LogP contribution >= 0.6 is 0 Å². The van der Waals surface area contributed by atoms with E-state index in [1.807, 2.05) is 0 Å². The summed E-state index contributed by atoms with van der Waals surface area (Å²) >= 11 is 0. The number of hydrogen-bond donors (Lipinski definition) is 0. The van der Waals surface area contributed by atoms with Crippen LogP contribution in [-0.4, -0.2) is 4.57 Å². The largest absolute Gasteiger partial charge is 0.256 e. The van der Waals surface area contributed by atoms with Gasteiger partial charge in [0.15, 0.2) is 0 Å². The van der Waals surface area contributed by atoms with Crippen molar-refractivity contribution in [2.24, 2.45) is 0 Å². The molecular formula is C26H51N2+. The lowest BCUT2D eigenvalue weighted by Crippen LogP contribution is -2.37. The van der Waals surface area contributed by atoms with Crippen LogP contribution in [0.4, 0.5) is 0 Å². The van der Waals surface area contributed by atoms with Crippen LogP contribution in [0.1, 0.15) is 136 Å². The highest BCUT2D eigenvalue weighted by Gasteiger charge is 2.15. The molecule has 1 aromatic rings. The van der Waals surface area contributed by atoms with Crippen molar-refractivity contribution in [3.63, 3.8) is 0 Å². The van der Waals surface area contributed by atoms with E-state index in [9.17, 15) is 0 Å². The number of aryl methyl sites for hydroxylation is 2. The molecule has 28 heavy (non-hydrogen) atoms. The zero-order chi connectivity index (χ0) is 20.3. The number of aromatic nitrogens is 2. The maximum absolute atomic E-state index is 2.56. The standard InChI is InChI=1S/C26H51N2/c1-4-7-9-11-13-14-15-17-19-21-26-27(22-6-3)24-25-28(26)23-20-18-16-12-10-8-5-2/h24-25H,4-23H2,1-3H3/q+1. The van der Waals surface area contributed by atoms with Gasteiger partial charge in [-0.2, -0.15) is 0 Å². The Morgan fingerprint density at radius 3 is 1.64 bits per heavy atom. The van der Waals surface area contributed by atoms with Crippen molar-refractivity contribution in [1.82, 2.24) is 4.57 Å². The van der Waals surface area contributed by atoms with E-state index in [-0.39, 0.29) is 0 Å². The molecule has 0 amide bonds. The fraction of sp³-hybridized carbons (Fsp3) is 0.885. The number of rotatable bonds is 20. The molecule has 0 N–H and O–H groups in total. The van der Waals surface area contributed by atoms with Gasteiger partial charge in [-0.15, -0.1) is 0 Å². The van der Waals surface area contributed by atoms with Crippen LogP contribution in [0.3, 0.4) is 0 Å². The van der Waals surface area contributed by atoms with Crippen LogP contribution < -0.4 is 4.57 Å². The highest BCUT2D eigenvalue weighted by molar-refractivity contribution is 4.84. The Bertz CT molecular complexity index is 449. The van der Waals surface area contributed by atoms with Gasteiger partial charge in [-0.1, -0.05) is 104 Å². The quantitative estimate of drug-likeness (QED) is 0.157. The Labute approximate surface area is 177 Å². The average Bonchev–Trinajstić information content (AvgIpc) is 3.08. The summed E-state index contributed by atoms with van der Waals surface area (Å²) in [6.45, 7) is 9.29. The highest BCUT2D eigenvalue weighted by Crippen LogP contribution is 2.12. The molecule has 0 aliphatic heterocycles. The van der Waals surface area contributed by atoms with E-state index in [0.29, 0.717) is 0 Å². The molecule has 0 saturated heterocycles. The van der Waals surface area contributed by atoms with Crippen molar-refractivity contribution < 1.29 is 4.57 Å². The van der Waals surface area contributed by atoms with Crippen molar-refractivity contribution in [3.8, 4) is 0 Å². The van der Waals surface area contributed by atoms with E-state index in [0.717, 1.165) is 0 Å². The van der Waals surface area contributed by atoms with Crippen LogP contribution in [-0.2, 0) is 19.5 Å². The zero-order valence-electron chi connectivity index (χ0n) is 19.7. The summed E-state index contributed by atoms with van der Waals surface area (Å²) in [7, 11) is 0. The minimum absolute atomic E-state index is 1.18. The number of imidazole rings is 1. The lowest BCUT2D eigenvalue weighted by molar-refractivity contribution is -0.704. The third kappa shape index (κ3) is 11.9. The van der Waals surface area contributed by atoms with Crippen molar-refractivity contribution in [1.29, 1.82) is 0 Å². The zero-order valence-corrected chi connectivity index (χ0v) is 19.7. The molecule has 1 heterocycles. The predicted octanol–water partition coefficient (Wildman–Crippen LogP) is 8.01. The maximum Gasteiger partial charge on any atom is 0.256 e. The predicted molar refractivity (Wildman–Crippen MR) is 124 cm³/mol. The second-order valence-corrected chi connectivity index (χ2v) is 8.80. The molecule has 2 heteroatoms. The first-order valence-electron chi connectivity index (χ1n) is 12.9. The van der Waals surface area contributed by atoms with Crippen molar-refractivity contribution >= 4 is 0 Å². The van der Waals surface area contributed by atoms with Crippen LogP contribution in [0.15, 0.2) is 12.4 Å². The second kappa shape index (κ2) is 18.3. The maximum atomic E-state index is 2.56. The summed E-state index contributed by atoms with van der Waals surface area (Å²) in [4.78, 5) is 0. The minimum atomic E-state index is 1.18. The summed E-state index contributed by atoms with van der Waals surface area (Å²) in [5, 5.41) is 0. The van der Waals surface area contributed by atoms with Gasteiger partial charge in [-0.25, -0.2) is 9.13 Å². The smallest absolute Gasteiger partial charge is 0.234 e. The molecule has 0 unspecified atom stereocenters. The van der Waals surface area contributed by atoms with Gasteiger partial charge in [0, 0.05) is 6.42 Å². The van der Waals surface area contributed by atoms with Crippen molar-refractivity contribution in [2.75, 3.05) is 0 Å². The number of hydrogen-bond acceptors (Lipinski definition) is 0. The third-order valence-corrected chi connectivity index (χ3v) is 6.06. The Morgan fingerprint density at radius 1 is 0.607 bits per heavy atom. The SMILES string of the molecule is CCCCCCCCCCCc1n(CCC)cc[n+]1CCCCCCCCC. The second-order valence-electron chi connectivity index (χ2n) is 8.80. The van der Waals surface area contributed by atoms with Gasteiger partial charge in [-0.3, -0.25) is 0 Å². The summed E-state index contributed by atoms with van der Waals surface area (Å²) in [5.74, 6) is 1.58. The first-order chi connectivity index (χ1) is 13.8. The molecule has 0 radical (unpaired) electrons. The van der Waals surface area contributed by atoms with Crippen molar-refractivity contribution in [2.45, 2.75) is 149 Å². The van der Waals surface area contributed by atoms with Gasteiger partial charge >= 0.3 is 0 Å². The number of unbranched alkanes of at least 4 members (excludes halogenated alkanes) is 14. The first-order valence-corrected chi connectivity index (χ1v) is 12.9. The molecule has 2 nitrogen and oxygen atoms in total. The summed E-state index contributed by atoms with van der Waals surface area (Å²) in [6.07, 6.45) is 29.7. The monoisotopic (exact) mass is 391 g/mol. The van der Waals surface area contributed by atoms with Crippen molar-refractivity contribution in [3.05, 3.63) is 18.2 Å². The summed E-state index contributed by atoms with van der Waals surface area (Å²) < 4.78 is 5.08. The molecule has 1 rings (SSSR count). The fourth-order valence-corrected chi connectivity index (χ4v) is 4.27. The average molecular weight is 392 g/mol. The highest BCUT2D eigenvalue weighted by atomic mass is 15.1. The van der Waals surface area contributed by atoms with Gasteiger partial charge in [0.1, 0.15) is 12.4 Å². The van der Waals surface area contributed by atoms with Crippen LogP contribution in [0.25, 0.3) is 0 Å². The normalized spacial score (nSPS) is 11.4. The summed E-state index contributed by atoms with van der Waals surface area (Å²) in [6, 6.07) is 0. The van der Waals surface area contributed by atoms with Gasteiger partial charge < -0.3 is 0 Å². The molecule has 0 spiro atoms. The topological polar surface area (TPSA) is 8.81 Å². The molecule has 0 aromatic carbocycles. The molecule has 164 valence electrons. The van der Waals surface area contributed by atoms with Crippen LogP contribution in [0.2, 0.25) is 0 Å². The van der Waals surface area contributed by atoms with E-state index in [2.05, 4.69) is 42.3 Å². The van der Waals surface area contributed by atoms with E-state index in [4.69, 9.17) is 0 Å². The molecular weight excluding hydrogens is 340 g/mol. The molecule has 0 bridgehead atoms. The van der Waals surface area contributed by atoms with E-state index >= 15 is 0 Å². The Balaban J connectivity index is 2.25. The molecule has 0 atom stereocenters. The van der Waals surface area contributed by atoms with Gasteiger partial charge in [0.2, 0.25) is 0 Å².